The molecule has 2 aliphatic rings. The van der Waals surface area contributed by atoms with Crippen LogP contribution in [-0.4, -0.2) is 34.4 Å². The van der Waals surface area contributed by atoms with Crippen LogP contribution >= 0.6 is 0 Å². The second-order valence-corrected chi connectivity index (χ2v) is 14.3. The molecule has 0 atom stereocenters. The van der Waals surface area contributed by atoms with E-state index in [0.717, 1.165) is 55.4 Å². The number of rotatable bonds is 4. The van der Waals surface area contributed by atoms with Crippen molar-refractivity contribution in [1.29, 1.82) is 0 Å². The van der Waals surface area contributed by atoms with Gasteiger partial charge < -0.3 is 19.9 Å². The summed E-state index contributed by atoms with van der Waals surface area (Å²) in [6.45, 7) is 21.4. The second-order valence-electron chi connectivity index (χ2n) is 14.3. The van der Waals surface area contributed by atoms with Crippen LogP contribution in [0.25, 0.3) is 0 Å². The van der Waals surface area contributed by atoms with E-state index in [1.54, 1.807) is 0 Å². The highest BCUT2D eigenvalue weighted by molar-refractivity contribution is 5.72. The molecule has 2 N–H and O–H groups in total. The normalized spacial score (nSPS) is 25.2. The van der Waals surface area contributed by atoms with Crippen LogP contribution in [0.4, 0.5) is 0 Å². The number of hydrogen-bond donors (Lipinski definition) is 2. The third kappa shape index (κ3) is 7.15. The van der Waals surface area contributed by atoms with E-state index < -0.39 is 0 Å². The molecule has 198 valence electrons. The van der Waals surface area contributed by atoms with Crippen molar-refractivity contribution in [2.24, 2.45) is 5.92 Å². The molecule has 5 heteroatoms. The highest BCUT2D eigenvalue weighted by Crippen LogP contribution is 2.42. The van der Waals surface area contributed by atoms with Gasteiger partial charge in [-0.25, -0.2) is 0 Å². The van der Waals surface area contributed by atoms with Gasteiger partial charge in [0.2, 0.25) is 0 Å². The Kier molecular flexibility index (Phi) is 7.64. The maximum Gasteiger partial charge on any atom is 0.309 e. The molecule has 0 amide bonds. The summed E-state index contributed by atoms with van der Waals surface area (Å²) in [5.74, 6) is 1.08. The quantitative estimate of drug-likeness (QED) is 0.458. The first-order chi connectivity index (χ1) is 15.9. The number of carbonyl (C=O) groups excluding carboxylic acids is 1. The first kappa shape index (κ1) is 27.8. The fourth-order valence-electron chi connectivity index (χ4n) is 6.00. The van der Waals surface area contributed by atoms with Gasteiger partial charge in [0, 0.05) is 35.0 Å². The van der Waals surface area contributed by atoms with Crippen molar-refractivity contribution in [1.82, 2.24) is 5.32 Å². The first-order valence-corrected chi connectivity index (χ1v) is 13.4. The molecule has 1 heterocycles. The fourth-order valence-corrected chi connectivity index (χ4v) is 6.00. The average molecular weight is 488 g/mol. The molecule has 0 aromatic heterocycles. The zero-order valence-corrected chi connectivity index (χ0v) is 23.8. The summed E-state index contributed by atoms with van der Waals surface area (Å²) in [5, 5.41) is 14.6. The predicted molar refractivity (Wildman–Crippen MR) is 142 cm³/mol. The maximum absolute atomic E-state index is 13.0. The number of piperidine rings is 1. The van der Waals surface area contributed by atoms with E-state index in [9.17, 15) is 9.90 Å². The molecule has 2 fully saturated rings. The van der Waals surface area contributed by atoms with Crippen molar-refractivity contribution >= 4 is 5.97 Å². The van der Waals surface area contributed by atoms with Crippen LogP contribution < -0.4 is 10.1 Å². The summed E-state index contributed by atoms with van der Waals surface area (Å²) < 4.78 is 12.5. The van der Waals surface area contributed by atoms with E-state index in [1.807, 2.05) is 12.1 Å². The molecular formula is C30H49NO4. The molecule has 3 rings (SSSR count). The van der Waals surface area contributed by atoms with E-state index in [0.29, 0.717) is 5.75 Å². The number of benzene rings is 1. The fraction of sp³-hybridized carbons (Fsp3) is 0.767. The summed E-state index contributed by atoms with van der Waals surface area (Å²) in [7, 11) is 0. The van der Waals surface area contributed by atoms with Crippen molar-refractivity contribution in [2.75, 3.05) is 0 Å². The number of carbonyl (C=O) groups is 1. The lowest BCUT2D eigenvalue weighted by atomic mass is 9.79. The molecule has 1 aliphatic heterocycles. The molecule has 1 aromatic carbocycles. The van der Waals surface area contributed by atoms with Crippen LogP contribution in [0.2, 0.25) is 0 Å². The predicted octanol–water partition coefficient (Wildman–Crippen LogP) is 6.78. The number of esters is 1. The van der Waals surface area contributed by atoms with Crippen LogP contribution in [0.1, 0.15) is 119 Å². The molecule has 1 aliphatic carbocycles. The van der Waals surface area contributed by atoms with E-state index >= 15 is 0 Å². The monoisotopic (exact) mass is 487 g/mol. The Bertz CT molecular complexity index is 860. The Labute approximate surface area is 213 Å². The number of phenols is 1. The Morgan fingerprint density at radius 3 is 1.74 bits per heavy atom. The van der Waals surface area contributed by atoms with Crippen molar-refractivity contribution in [3.05, 3.63) is 23.3 Å². The third-order valence-corrected chi connectivity index (χ3v) is 7.45. The van der Waals surface area contributed by atoms with Gasteiger partial charge in [-0.05, 0) is 76.3 Å². The highest BCUT2D eigenvalue weighted by Gasteiger charge is 2.40. The number of nitrogens with one attached hydrogen (secondary N) is 1. The van der Waals surface area contributed by atoms with Crippen LogP contribution in [0.3, 0.4) is 0 Å². The van der Waals surface area contributed by atoms with E-state index in [1.165, 1.54) is 0 Å². The minimum Gasteiger partial charge on any atom is -0.507 e. The first-order valence-electron chi connectivity index (χ1n) is 13.4. The number of phenolic OH excluding ortho intramolecular Hbond substituents is 1. The van der Waals surface area contributed by atoms with E-state index in [2.05, 4.69) is 74.6 Å². The van der Waals surface area contributed by atoms with Gasteiger partial charge in [0.1, 0.15) is 17.6 Å². The minimum absolute atomic E-state index is 0.0358. The van der Waals surface area contributed by atoms with Gasteiger partial charge in [-0.15, -0.1) is 0 Å². The van der Waals surface area contributed by atoms with Crippen LogP contribution in [0.5, 0.6) is 11.5 Å². The van der Waals surface area contributed by atoms with Gasteiger partial charge >= 0.3 is 5.97 Å². The molecule has 35 heavy (non-hydrogen) atoms. The van der Waals surface area contributed by atoms with E-state index in [-0.39, 0.29) is 46.0 Å². The number of aromatic hydroxyl groups is 1. The molecule has 1 aromatic rings. The van der Waals surface area contributed by atoms with Crippen LogP contribution in [-0.2, 0) is 20.4 Å². The summed E-state index contributed by atoms with van der Waals surface area (Å²) >= 11 is 0. The van der Waals surface area contributed by atoms with Crippen molar-refractivity contribution in [3.63, 3.8) is 0 Å². The van der Waals surface area contributed by atoms with Crippen LogP contribution in [0.15, 0.2) is 12.1 Å². The lowest BCUT2D eigenvalue weighted by Gasteiger charge is -2.46. The molecule has 0 unspecified atom stereocenters. The molecule has 1 saturated carbocycles. The summed E-state index contributed by atoms with van der Waals surface area (Å²) in [6.07, 6.45) is 4.96. The molecule has 0 spiro atoms. The standard InChI is InChI=1S/C30H49NO4/c1-27(2,3)23-15-21(16-24(25(23)32)28(4,5)6)34-20-13-11-19(12-14-20)26(33)35-22-17-29(7,8)31-30(9,10)18-22/h15-16,19-20,22,31-32H,11-14,17-18H2,1-10H3. The smallest absolute Gasteiger partial charge is 0.309 e. The maximum atomic E-state index is 13.0. The van der Waals surface area contributed by atoms with Crippen molar-refractivity contribution in [3.8, 4) is 11.5 Å². The van der Waals surface area contributed by atoms with Gasteiger partial charge in [-0.2, -0.15) is 0 Å². The van der Waals surface area contributed by atoms with E-state index in [4.69, 9.17) is 9.47 Å². The average Bonchev–Trinajstić information content (AvgIpc) is 2.65. The van der Waals surface area contributed by atoms with Crippen molar-refractivity contribution in [2.45, 2.75) is 142 Å². The summed E-state index contributed by atoms with van der Waals surface area (Å²) in [4.78, 5) is 13.0. The summed E-state index contributed by atoms with van der Waals surface area (Å²) in [6, 6.07) is 3.98. The lowest BCUT2D eigenvalue weighted by Crippen LogP contribution is -2.59. The number of ether oxygens (including phenoxy) is 2. The summed E-state index contributed by atoms with van der Waals surface area (Å²) in [5.41, 5.74) is 1.35. The molecular weight excluding hydrogens is 438 g/mol. The Morgan fingerprint density at radius 1 is 0.857 bits per heavy atom. The van der Waals surface area contributed by atoms with Gasteiger partial charge in [-0.3, -0.25) is 4.79 Å². The second kappa shape index (κ2) is 9.61. The Morgan fingerprint density at radius 2 is 1.31 bits per heavy atom. The minimum atomic E-state index is -0.192. The third-order valence-electron chi connectivity index (χ3n) is 7.45. The van der Waals surface area contributed by atoms with Gasteiger partial charge in [0.25, 0.3) is 0 Å². The SMILES string of the molecule is CC1(C)CC(OC(=O)C2CCC(Oc3cc(C(C)(C)C)c(O)c(C(C)(C)C)c3)CC2)CC(C)(C)N1. The molecule has 1 saturated heterocycles. The largest absolute Gasteiger partial charge is 0.507 e. The Balaban J connectivity index is 1.63. The topological polar surface area (TPSA) is 67.8 Å². The highest BCUT2D eigenvalue weighted by atomic mass is 16.5. The van der Waals surface area contributed by atoms with Gasteiger partial charge in [-0.1, -0.05) is 41.5 Å². The molecule has 5 nitrogen and oxygen atoms in total. The number of hydrogen-bond acceptors (Lipinski definition) is 5. The van der Waals surface area contributed by atoms with Crippen molar-refractivity contribution < 1.29 is 19.4 Å². The Hall–Kier alpha value is -1.75. The molecule has 0 bridgehead atoms. The van der Waals surface area contributed by atoms with Gasteiger partial charge in [0.05, 0.1) is 12.0 Å². The molecule has 0 radical (unpaired) electrons. The zero-order chi connectivity index (χ0) is 26.4. The van der Waals surface area contributed by atoms with Crippen LogP contribution in [0, 0.1) is 5.92 Å². The lowest BCUT2D eigenvalue weighted by molar-refractivity contribution is -0.159. The zero-order valence-electron chi connectivity index (χ0n) is 23.8. The van der Waals surface area contributed by atoms with Gasteiger partial charge in [0.15, 0.2) is 0 Å².